The van der Waals surface area contributed by atoms with E-state index in [9.17, 15) is 4.79 Å². The van der Waals surface area contributed by atoms with Gasteiger partial charge in [0, 0.05) is 18.5 Å². The highest BCUT2D eigenvalue weighted by Gasteiger charge is 2.18. The molecule has 0 aromatic rings. The third kappa shape index (κ3) is 8.72. The molecule has 0 fully saturated rings. The van der Waals surface area contributed by atoms with E-state index in [0.717, 1.165) is 25.8 Å². The van der Waals surface area contributed by atoms with Gasteiger partial charge in [0.15, 0.2) is 0 Å². The number of carbonyl (C=O) groups is 1. The summed E-state index contributed by atoms with van der Waals surface area (Å²) in [5.41, 5.74) is 5.78. The molecule has 0 rings (SSSR count). The number of hydrogen-bond acceptors (Lipinski definition) is 2. The molecular weight excluding hydrogens is 200 g/mol. The van der Waals surface area contributed by atoms with Crippen molar-refractivity contribution in [2.24, 2.45) is 11.1 Å². The summed E-state index contributed by atoms with van der Waals surface area (Å²) in [6, 6.07) is 0. The topological polar surface area (TPSA) is 55.1 Å². The van der Waals surface area contributed by atoms with Crippen LogP contribution in [0.15, 0.2) is 0 Å². The number of nitrogens with two attached hydrogens (primary N) is 1. The van der Waals surface area contributed by atoms with Crippen molar-refractivity contribution in [1.29, 1.82) is 0 Å². The second-order valence-electron chi connectivity index (χ2n) is 6.18. The van der Waals surface area contributed by atoms with Crippen molar-refractivity contribution in [2.75, 3.05) is 6.54 Å². The van der Waals surface area contributed by atoms with Crippen molar-refractivity contribution >= 4 is 5.91 Å². The monoisotopic (exact) mass is 228 g/mol. The molecule has 0 radical (unpaired) electrons. The van der Waals surface area contributed by atoms with Gasteiger partial charge in [-0.05, 0) is 32.1 Å². The van der Waals surface area contributed by atoms with Gasteiger partial charge >= 0.3 is 0 Å². The molecular formula is C13H28N2O. The minimum atomic E-state index is -0.254. The first-order valence-electron chi connectivity index (χ1n) is 6.22. The highest BCUT2D eigenvalue weighted by atomic mass is 16.1. The summed E-state index contributed by atoms with van der Waals surface area (Å²) in [5, 5.41) is 2.99. The summed E-state index contributed by atoms with van der Waals surface area (Å²) in [6.07, 6.45) is 3.53. The molecule has 0 aromatic heterocycles. The molecule has 0 aromatic carbocycles. The standard InChI is InChI=1S/C13H28N2O/c1-6-8-12(2,3)10-15-11(16)7-9-13(4,5)14/h6-10,14H2,1-5H3,(H,15,16). The molecule has 0 aliphatic heterocycles. The van der Waals surface area contributed by atoms with Crippen LogP contribution in [0.1, 0.15) is 60.3 Å². The molecule has 0 atom stereocenters. The van der Waals surface area contributed by atoms with E-state index in [1.165, 1.54) is 0 Å². The minimum Gasteiger partial charge on any atom is -0.356 e. The van der Waals surface area contributed by atoms with Crippen molar-refractivity contribution in [3.63, 3.8) is 0 Å². The summed E-state index contributed by atoms with van der Waals surface area (Å²) in [7, 11) is 0. The van der Waals surface area contributed by atoms with Gasteiger partial charge in [0.1, 0.15) is 0 Å². The fraction of sp³-hybridized carbons (Fsp3) is 0.923. The van der Waals surface area contributed by atoms with E-state index in [2.05, 4.69) is 26.1 Å². The minimum absolute atomic E-state index is 0.114. The quantitative estimate of drug-likeness (QED) is 0.703. The molecule has 0 heterocycles. The van der Waals surface area contributed by atoms with E-state index in [0.29, 0.717) is 6.42 Å². The third-order valence-corrected chi connectivity index (χ3v) is 2.69. The zero-order valence-electron chi connectivity index (χ0n) is 11.5. The number of hydrogen-bond donors (Lipinski definition) is 2. The van der Waals surface area contributed by atoms with E-state index in [1.54, 1.807) is 0 Å². The van der Waals surface area contributed by atoms with Gasteiger partial charge < -0.3 is 11.1 Å². The molecule has 3 N–H and O–H groups in total. The fourth-order valence-corrected chi connectivity index (χ4v) is 1.63. The van der Waals surface area contributed by atoms with Crippen molar-refractivity contribution in [2.45, 2.75) is 65.8 Å². The van der Waals surface area contributed by atoms with Gasteiger partial charge in [-0.15, -0.1) is 0 Å². The Kier molecular flexibility index (Phi) is 6.01. The maximum absolute atomic E-state index is 11.6. The molecule has 3 heteroatoms. The lowest BCUT2D eigenvalue weighted by molar-refractivity contribution is -0.121. The Hall–Kier alpha value is -0.570. The Balaban J connectivity index is 3.81. The van der Waals surface area contributed by atoms with Crippen LogP contribution in [0.3, 0.4) is 0 Å². The number of nitrogens with one attached hydrogen (secondary N) is 1. The van der Waals surface area contributed by atoms with Crippen LogP contribution in [0.5, 0.6) is 0 Å². The first-order chi connectivity index (χ1) is 7.16. The smallest absolute Gasteiger partial charge is 0.220 e. The molecule has 0 bridgehead atoms. The van der Waals surface area contributed by atoms with E-state index < -0.39 is 0 Å². The Labute approximate surface area is 100 Å². The van der Waals surface area contributed by atoms with Crippen molar-refractivity contribution < 1.29 is 4.79 Å². The average Bonchev–Trinajstić information content (AvgIpc) is 2.10. The van der Waals surface area contributed by atoms with Crippen LogP contribution in [0.4, 0.5) is 0 Å². The lowest BCUT2D eigenvalue weighted by Crippen LogP contribution is -2.37. The lowest BCUT2D eigenvalue weighted by Gasteiger charge is -2.25. The first kappa shape index (κ1) is 15.4. The summed E-state index contributed by atoms with van der Waals surface area (Å²) < 4.78 is 0. The highest BCUT2D eigenvalue weighted by molar-refractivity contribution is 5.75. The fourth-order valence-electron chi connectivity index (χ4n) is 1.63. The zero-order chi connectivity index (χ0) is 12.8. The van der Waals surface area contributed by atoms with E-state index >= 15 is 0 Å². The molecule has 3 nitrogen and oxygen atoms in total. The average molecular weight is 228 g/mol. The van der Waals surface area contributed by atoms with Gasteiger partial charge in [-0.1, -0.05) is 27.2 Å². The van der Waals surface area contributed by atoms with E-state index in [-0.39, 0.29) is 16.9 Å². The van der Waals surface area contributed by atoms with Crippen molar-refractivity contribution in [3.05, 3.63) is 0 Å². The second kappa shape index (κ2) is 6.24. The van der Waals surface area contributed by atoms with Crippen LogP contribution in [-0.2, 0) is 4.79 Å². The largest absolute Gasteiger partial charge is 0.356 e. The van der Waals surface area contributed by atoms with Gasteiger partial charge in [-0.2, -0.15) is 0 Å². The first-order valence-corrected chi connectivity index (χ1v) is 6.22. The van der Waals surface area contributed by atoms with Gasteiger partial charge in [0.05, 0.1) is 0 Å². The van der Waals surface area contributed by atoms with Gasteiger partial charge in [0.2, 0.25) is 5.91 Å². The van der Waals surface area contributed by atoms with Crippen LogP contribution in [0, 0.1) is 5.41 Å². The van der Waals surface area contributed by atoms with Crippen LogP contribution < -0.4 is 11.1 Å². The normalized spacial score (nSPS) is 12.6. The molecule has 0 saturated heterocycles. The van der Waals surface area contributed by atoms with Crippen molar-refractivity contribution in [1.82, 2.24) is 5.32 Å². The maximum atomic E-state index is 11.6. The number of rotatable bonds is 7. The maximum Gasteiger partial charge on any atom is 0.220 e. The summed E-state index contributed by atoms with van der Waals surface area (Å²) in [6.45, 7) is 11.2. The molecule has 0 aliphatic rings. The number of carbonyl (C=O) groups excluding carboxylic acids is 1. The van der Waals surface area contributed by atoms with E-state index in [4.69, 9.17) is 5.73 Å². The van der Waals surface area contributed by atoms with Gasteiger partial charge in [-0.3, -0.25) is 4.79 Å². The van der Waals surface area contributed by atoms with Gasteiger partial charge in [-0.25, -0.2) is 0 Å². The van der Waals surface area contributed by atoms with Crippen LogP contribution in [0.25, 0.3) is 0 Å². The Morgan fingerprint density at radius 3 is 2.19 bits per heavy atom. The van der Waals surface area contributed by atoms with E-state index in [1.807, 2.05) is 13.8 Å². The summed E-state index contributed by atoms with van der Waals surface area (Å²) in [4.78, 5) is 11.6. The number of amides is 1. The summed E-state index contributed by atoms with van der Waals surface area (Å²) in [5.74, 6) is 0.114. The van der Waals surface area contributed by atoms with Crippen LogP contribution in [-0.4, -0.2) is 18.0 Å². The molecule has 0 aliphatic carbocycles. The molecule has 0 unspecified atom stereocenters. The molecule has 0 saturated carbocycles. The van der Waals surface area contributed by atoms with Crippen LogP contribution >= 0.6 is 0 Å². The SMILES string of the molecule is CCCC(C)(C)CNC(=O)CCC(C)(C)N. The Morgan fingerprint density at radius 2 is 1.75 bits per heavy atom. The molecule has 0 spiro atoms. The van der Waals surface area contributed by atoms with Gasteiger partial charge in [0.25, 0.3) is 0 Å². The van der Waals surface area contributed by atoms with Crippen molar-refractivity contribution in [3.8, 4) is 0 Å². The predicted molar refractivity (Wildman–Crippen MR) is 69.2 cm³/mol. The zero-order valence-corrected chi connectivity index (χ0v) is 11.5. The lowest BCUT2D eigenvalue weighted by atomic mass is 9.88. The predicted octanol–water partition coefficient (Wildman–Crippen LogP) is 2.45. The Bertz CT molecular complexity index is 216. The second-order valence-corrected chi connectivity index (χ2v) is 6.18. The molecule has 1 amide bonds. The van der Waals surface area contributed by atoms with Crippen LogP contribution in [0.2, 0.25) is 0 Å². The molecule has 16 heavy (non-hydrogen) atoms. The summed E-state index contributed by atoms with van der Waals surface area (Å²) >= 11 is 0. The highest BCUT2D eigenvalue weighted by Crippen LogP contribution is 2.20. The third-order valence-electron chi connectivity index (χ3n) is 2.69. The Morgan fingerprint density at radius 1 is 1.19 bits per heavy atom. The molecule has 96 valence electrons.